The molecule has 1 rings (SSSR count). The molecule has 17 heavy (non-hydrogen) atoms. The molecular weight excluding hydrogens is 247 g/mol. The molecule has 0 fully saturated rings. The Morgan fingerprint density at radius 2 is 1.94 bits per heavy atom. The minimum atomic E-state index is -4.79. The molecule has 0 saturated carbocycles. The number of carboxylic acid groups (broad SMARTS) is 1. The van der Waals surface area contributed by atoms with E-state index in [1.165, 1.54) is 0 Å². The summed E-state index contributed by atoms with van der Waals surface area (Å²) in [4.78, 5) is 10.6. The summed E-state index contributed by atoms with van der Waals surface area (Å²) >= 11 is 0. The highest BCUT2D eigenvalue weighted by Crippen LogP contribution is 2.52. The van der Waals surface area contributed by atoms with Gasteiger partial charge in [0, 0.05) is 6.42 Å². The number of carbonyl (C=O) groups is 1. The van der Waals surface area contributed by atoms with Gasteiger partial charge in [-0.3, -0.25) is 0 Å². The van der Waals surface area contributed by atoms with Gasteiger partial charge in [0.05, 0.1) is 0 Å². The Balaban J connectivity index is 3.46. The first-order chi connectivity index (χ1) is 7.63. The Hall–Kier alpha value is -1.40. The van der Waals surface area contributed by atoms with Crippen molar-refractivity contribution in [1.82, 2.24) is 0 Å². The van der Waals surface area contributed by atoms with Crippen molar-refractivity contribution in [3.63, 3.8) is 0 Å². The van der Waals surface area contributed by atoms with E-state index in [0.717, 1.165) is 0 Å². The van der Waals surface area contributed by atoms with Crippen LogP contribution in [0.5, 0.6) is 0 Å². The van der Waals surface area contributed by atoms with Crippen LogP contribution in [-0.4, -0.2) is 34.5 Å². The zero-order valence-electron chi connectivity index (χ0n) is 8.47. The molecular formula is C10H9F5O2. The lowest BCUT2D eigenvalue weighted by Gasteiger charge is -2.42. The SMILES string of the molecule is C=CCC1(F)C(F)(C(=O)O)C=CC(F)C1(F)F. The first-order valence-electron chi connectivity index (χ1n) is 4.57. The number of hydrogen-bond donors (Lipinski definition) is 1. The smallest absolute Gasteiger partial charge is 0.349 e. The number of allylic oxidation sites excluding steroid dienone is 2. The summed E-state index contributed by atoms with van der Waals surface area (Å²) in [7, 11) is 0. The molecule has 1 aliphatic rings. The third-order valence-corrected chi connectivity index (χ3v) is 2.68. The largest absolute Gasteiger partial charge is 0.479 e. The van der Waals surface area contributed by atoms with Crippen molar-refractivity contribution in [1.29, 1.82) is 0 Å². The second kappa shape index (κ2) is 3.82. The first kappa shape index (κ1) is 13.7. The van der Waals surface area contributed by atoms with E-state index in [4.69, 9.17) is 5.11 Å². The van der Waals surface area contributed by atoms with Gasteiger partial charge in [-0.1, -0.05) is 6.08 Å². The summed E-state index contributed by atoms with van der Waals surface area (Å²) in [6, 6.07) is 0. The predicted octanol–water partition coefficient (Wildman–Crippen LogP) is 2.61. The Bertz CT molecular complexity index is 381. The van der Waals surface area contributed by atoms with Crippen LogP contribution in [0.25, 0.3) is 0 Å². The number of hydrogen-bond acceptors (Lipinski definition) is 1. The van der Waals surface area contributed by atoms with Gasteiger partial charge in [0.15, 0.2) is 6.17 Å². The molecule has 0 spiro atoms. The van der Waals surface area contributed by atoms with Crippen LogP contribution < -0.4 is 0 Å². The van der Waals surface area contributed by atoms with E-state index in [1.807, 2.05) is 0 Å². The van der Waals surface area contributed by atoms with Crippen LogP contribution >= 0.6 is 0 Å². The number of alkyl halides is 5. The minimum absolute atomic E-state index is 0.00897. The maximum atomic E-state index is 14.0. The Morgan fingerprint density at radius 3 is 2.35 bits per heavy atom. The third kappa shape index (κ3) is 1.56. The molecule has 0 aromatic rings. The molecule has 96 valence electrons. The van der Waals surface area contributed by atoms with Gasteiger partial charge in [0.1, 0.15) is 0 Å². The van der Waals surface area contributed by atoms with Crippen LogP contribution in [0.15, 0.2) is 24.8 Å². The molecule has 0 aromatic heterocycles. The van der Waals surface area contributed by atoms with E-state index < -0.39 is 35.8 Å². The van der Waals surface area contributed by atoms with Crippen LogP contribution in [0.3, 0.4) is 0 Å². The summed E-state index contributed by atoms with van der Waals surface area (Å²) in [6.45, 7) is 2.94. The van der Waals surface area contributed by atoms with Crippen molar-refractivity contribution in [3.05, 3.63) is 24.8 Å². The summed E-state index contributed by atoms with van der Waals surface area (Å²) < 4.78 is 67.5. The molecule has 3 atom stereocenters. The fourth-order valence-electron chi connectivity index (χ4n) is 1.66. The van der Waals surface area contributed by atoms with Gasteiger partial charge in [-0.05, 0) is 12.2 Å². The lowest BCUT2D eigenvalue weighted by molar-refractivity contribution is -0.225. The molecule has 0 saturated heterocycles. The van der Waals surface area contributed by atoms with Gasteiger partial charge in [0.2, 0.25) is 5.67 Å². The highest BCUT2D eigenvalue weighted by atomic mass is 19.3. The third-order valence-electron chi connectivity index (χ3n) is 2.68. The van der Waals surface area contributed by atoms with E-state index in [1.54, 1.807) is 0 Å². The molecule has 0 amide bonds. The van der Waals surface area contributed by atoms with Crippen molar-refractivity contribution in [3.8, 4) is 0 Å². The van der Waals surface area contributed by atoms with Gasteiger partial charge in [0.25, 0.3) is 5.67 Å². The van der Waals surface area contributed by atoms with Gasteiger partial charge < -0.3 is 5.11 Å². The zero-order valence-corrected chi connectivity index (χ0v) is 8.47. The Labute approximate surface area is 93.4 Å². The van der Waals surface area contributed by atoms with Crippen LogP contribution in [0.1, 0.15) is 6.42 Å². The van der Waals surface area contributed by atoms with E-state index in [-0.39, 0.29) is 12.2 Å². The Kier molecular flexibility index (Phi) is 3.07. The quantitative estimate of drug-likeness (QED) is 0.622. The Morgan fingerprint density at radius 1 is 1.41 bits per heavy atom. The van der Waals surface area contributed by atoms with Gasteiger partial charge >= 0.3 is 11.9 Å². The summed E-state index contributed by atoms with van der Waals surface area (Å²) in [5.41, 5.74) is -8.20. The molecule has 7 heteroatoms. The molecule has 1 N–H and O–H groups in total. The van der Waals surface area contributed by atoms with E-state index in [2.05, 4.69) is 6.58 Å². The highest BCUT2D eigenvalue weighted by Gasteiger charge is 2.74. The van der Waals surface area contributed by atoms with Crippen molar-refractivity contribution < 1.29 is 31.9 Å². The maximum Gasteiger partial charge on any atom is 0.349 e. The molecule has 3 unspecified atom stereocenters. The number of aliphatic carboxylic acids is 1. The standard InChI is InChI=1S/C10H9F5O2/c1-2-4-9(13)8(12,7(16)17)5-3-6(11)10(9,14)15/h2-3,5-6H,1,4H2,(H,16,17). The van der Waals surface area contributed by atoms with Gasteiger partial charge in [-0.2, -0.15) is 8.78 Å². The van der Waals surface area contributed by atoms with E-state index in [9.17, 15) is 26.7 Å². The molecule has 0 bridgehead atoms. The number of rotatable bonds is 3. The molecule has 0 aliphatic heterocycles. The van der Waals surface area contributed by atoms with Crippen molar-refractivity contribution in [2.24, 2.45) is 0 Å². The van der Waals surface area contributed by atoms with Crippen molar-refractivity contribution in [2.75, 3.05) is 0 Å². The molecule has 1 aliphatic carbocycles. The number of carboxylic acids is 1. The fraction of sp³-hybridized carbons (Fsp3) is 0.500. The molecule has 0 heterocycles. The maximum absolute atomic E-state index is 14.0. The molecule has 0 radical (unpaired) electrons. The molecule has 0 aromatic carbocycles. The summed E-state index contributed by atoms with van der Waals surface area (Å²) in [5, 5.41) is 8.52. The van der Waals surface area contributed by atoms with Crippen LogP contribution in [0.2, 0.25) is 0 Å². The normalized spacial score (nSPS) is 39.9. The monoisotopic (exact) mass is 256 g/mol. The van der Waals surface area contributed by atoms with Crippen LogP contribution in [0, 0.1) is 0 Å². The second-order valence-electron chi connectivity index (χ2n) is 3.69. The van der Waals surface area contributed by atoms with Gasteiger partial charge in [-0.15, -0.1) is 6.58 Å². The lowest BCUT2D eigenvalue weighted by Crippen LogP contribution is -2.66. The van der Waals surface area contributed by atoms with Crippen LogP contribution in [-0.2, 0) is 4.79 Å². The zero-order chi connectivity index (χ0) is 13.5. The number of halogens is 5. The van der Waals surface area contributed by atoms with Crippen LogP contribution in [0.4, 0.5) is 22.0 Å². The second-order valence-corrected chi connectivity index (χ2v) is 3.69. The van der Waals surface area contributed by atoms with Crippen molar-refractivity contribution >= 4 is 5.97 Å². The van der Waals surface area contributed by atoms with E-state index in [0.29, 0.717) is 6.08 Å². The highest BCUT2D eigenvalue weighted by molar-refractivity contribution is 5.83. The average molecular weight is 256 g/mol. The fourth-order valence-corrected chi connectivity index (χ4v) is 1.66. The average Bonchev–Trinajstić information content (AvgIpc) is 2.22. The molecule has 2 nitrogen and oxygen atoms in total. The lowest BCUT2D eigenvalue weighted by atomic mass is 9.73. The van der Waals surface area contributed by atoms with E-state index >= 15 is 0 Å². The van der Waals surface area contributed by atoms with Gasteiger partial charge in [-0.25, -0.2) is 18.0 Å². The topological polar surface area (TPSA) is 37.3 Å². The summed E-state index contributed by atoms with van der Waals surface area (Å²) in [5.74, 6) is -7.23. The van der Waals surface area contributed by atoms with Crippen molar-refractivity contribution in [2.45, 2.75) is 29.9 Å². The first-order valence-corrected chi connectivity index (χ1v) is 4.57. The minimum Gasteiger partial charge on any atom is -0.479 e. The summed E-state index contributed by atoms with van der Waals surface area (Å²) in [6.07, 6.45) is -3.85. The predicted molar refractivity (Wildman–Crippen MR) is 49.1 cm³/mol.